The van der Waals surface area contributed by atoms with Crippen LogP contribution in [0.25, 0.3) is 0 Å². The van der Waals surface area contributed by atoms with Crippen molar-refractivity contribution >= 4 is 26.9 Å². The van der Waals surface area contributed by atoms with Gasteiger partial charge in [0.05, 0.1) is 15.1 Å². The Balaban J connectivity index is 2.94. The van der Waals surface area contributed by atoms with Gasteiger partial charge in [0.2, 0.25) is 8.60 Å². The van der Waals surface area contributed by atoms with Gasteiger partial charge in [-0.25, -0.2) is 0 Å². The Bertz CT molecular complexity index is 85.4. The zero-order valence-electron chi connectivity index (χ0n) is 4.16. The maximum atomic E-state index is 4.66. The smallest absolute Gasteiger partial charge is 0.246 e. The Kier molecular flexibility index (Phi) is 7.89. The second kappa shape index (κ2) is 7.46. The largest absolute Gasteiger partial charge is 0.431 e. The number of rotatable bonds is 4. The van der Waals surface area contributed by atoms with E-state index in [1.165, 1.54) is 6.26 Å². The van der Waals surface area contributed by atoms with Crippen molar-refractivity contribution in [3.63, 3.8) is 0 Å². The molecule has 0 heterocycles. The highest BCUT2D eigenvalue weighted by Crippen LogP contribution is 2.15. The fraction of sp³-hybridized carbons (Fsp3) is 0. The van der Waals surface area contributed by atoms with Crippen LogP contribution in [0.15, 0.2) is 17.4 Å². The zero-order chi connectivity index (χ0) is 6.24. The second-order valence-corrected chi connectivity index (χ2v) is 3.26. The second-order valence-electron chi connectivity index (χ2n) is 0.710. The third kappa shape index (κ3) is 6.46. The van der Waals surface area contributed by atoms with Gasteiger partial charge in [-0.3, -0.25) is 4.86 Å². The molecule has 0 aliphatic rings. The quantitative estimate of drug-likeness (QED) is 0.514. The molecule has 0 spiro atoms. The summed E-state index contributed by atoms with van der Waals surface area (Å²) in [5.74, 6) is 0. The van der Waals surface area contributed by atoms with Gasteiger partial charge < -0.3 is 4.52 Å². The van der Waals surface area contributed by atoms with Gasteiger partial charge in [-0.15, -0.1) is 0 Å². The van der Waals surface area contributed by atoms with E-state index in [0.29, 0.717) is 17.5 Å². The zero-order valence-corrected chi connectivity index (χ0v) is 7.21. The summed E-state index contributed by atoms with van der Waals surface area (Å²) in [5.41, 5.74) is 0. The summed E-state index contributed by atoms with van der Waals surface area (Å²) in [7, 11) is 3.33. The summed E-state index contributed by atoms with van der Waals surface area (Å²) in [6.07, 6.45) is 1.36. The molecule has 0 amide bonds. The van der Waals surface area contributed by atoms with Gasteiger partial charge in [-0.1, -0.05) is 16.0 Å². The highest BCUT2D eigenvalue weighted by molar-refractivity contribution is 7.47. The predicted octanol–water partition coefficient (Wildman–Crippen LogP) is 2.08. The summed E-state index contributed by atoms with van der Waals surface area (Å²) in [5, 5.41) is 0. The molecular weight excluding hydrogens is 161 g/mol. The monoisotopic (exact) mass is 168 g/mol. The van der Waals surface area contributed by atoms with Crippen LogP contribution >= 0.6 is 26.9 Å². The summed E-state index contributed by atoms with van der Waals surface area (Å²) < 4.78 is 8.52. The Morgan fingerprint density at radius 3 is 3.25 bits per heavy atom. The molecule has 2 unspecified atom stereocenters. The average Bonchev–Trinajstić information content (AvgIpc) is 1.81. The van der Waals surface area contributed by atoms with Gasteiger partial charge >= 0.3 is 0 Å². The number of nitrogens with zero attached hydrogens (tertiary/aromatic N) is 1. The molecule has 3 nitrogen and oxygen atoms in total. The van der Waals surface area contributed by atoms with Crippen LogP contribution in [-0.2, 0) is 4.52 Å². The first-order valence-electron chi connectivity index (χ1n) is 1.79. The minimum absolute atomic E-state index is 0.378. The van der Waals surface area contributed by atoms with Crippen LogP contribution in [0.5, 0.6) is 0 Å². The van der Waals surface area contributed by atoms with E-state index in [9.17, 15) is 0 Å². The SMILES string of the molecule is C=COP=NPNP. The highest BCUT2D eigenvalue weighted by Gasteiger charge is 1.69. The molecule has 6 heteroatoms. The van der Waals surface area contributed by atoms with Crippen molar-refractivity contribution in [2.75, 3.05) is 0 Å². The van der Waals surface area contributed by atoms with Gasteiger partial charge in [0, 0.05) is 0 Å². The van der Waals surface area contributed by atoms with Gasteiger partial charge in [-0.2, -0.15) is 4.52 Å². The Labute approximate surface area is 54.4 Å². The van der Waals surface area contributed by atoms with E-state index in [4.69, 9.17) is 0 Å². The highest BCUT2D eigenvalue weighted by atomic mass is 31.1. The van der Waals surface area contributed by atoms with Gasteiger partial charge in [-0.05, 0) is 0 Å². The van der Waals surface area contributed by atoms with E-state index in [0.717, 1.165) is 0 Å². The lowest BCUT2D eigenvalue weighted by molar-refractivity contribution is 0.561. The molecule has 0 saturated carbocycles. The molecule has 46 valence electrons. The molecule has 0 radical (unpaired) electrons. The molecule has 0 saturated heterocycles. The van der Waals surface area contributed by atoms with Crippen LogP contribution in [0.2, 0.25) is 0 Å². The molecule has 0 aromatic rings. The molecule has 0 aliphatic heterocycles. The molecule has 0 aromatic carbocycles. The fourth-order valence-corrected chi connectivity index (χ4v) is 1.28. The normalized spacial score (nSPS) is 11.1. The summed E-state index contributed by atoms with van der Waals surface area (Å²) in [4.78, 5) is 2.78. The molecule has 0 bridgehead atoms. The third-order valence-electron chi connectivity index (χ3n) is 0.277. The summed E-state index contributed by atoms with van der Waals surface area (Å²) >= 11 is 0. The average molecular weight is 168 g/mol. The van der Waals surface area contributed by atoms with Crippen molar-refractivity contribution < 1.29 is 4.52 Å². The summed E-state index contributed by atoms with van der Waals surface area (Å²) in [6.45, 7) is 3.35. The molecule has 0 aliphatic carbocycles. The lowest BCUT2D eigenvalue weighted by atomic mass is 11.2. The Hall–Kier alpha value is 0.460. The topological polar surface area (TPSA) is 33.6 Å². The van der Waals surface area contributed by atoms with E-state index in [2.05, 4.69) is 29.9 Å². The van der Waals surface area contributed by atoms with Gasteiger partial charge in [0.15, 0.2) is 0 Å². The third-order valence-corrected chi connectivity index (χ3v) is 1.76. The van der Waals surface area contributed by atoms with Crippen molar-refractivity contribution in [1.82, 2.24) is 4.86 Å². The van der Waals surface area contributed by atoms with Crippen LogP contribution in [0.1, 0.15) is 0 Å². The predicted molar refractivity (Wildman–Crippen MR) is 41.8 cm³/mol. The van der Waals surface area contributed by atoms with Crippen molar-refractivity contribution in [2.24, 2.45) is 4.52 Å². The minimum Gasteiger partial charge on any atom is -0.431 e. The summed E-state index contributed by atoms with van der Waals surface area (Å²) in [6, 6.07) is 0. The molecule has 2 atom stereocenters. The maximum absolute atomic E-state index is 4.66. The molecular formula is C2H7N2OP3. The van der Waals surface area contributed by atoms with E-state index < -0.39 is 0 Å². The maximum Gasteiger partial charge on any atom is 0.246 e. The number of hydrogen-bond acceptors (Lipinski definition) is 3. The van der Waals surface area contributed by atoms with E-state index in [1.807, 2.05) is 0 Å². The van der Waals surface area contributed by atoms with Crippen LogP contribution in [0.4, 0.5) is 0 Å². The standard InChI is InChI=1S/C2H7N2OP3/c1-2-5-8-4-7-3-6/h2-3,7H,1,6H2. The first-order valence-corrected chi connectivity index (χ1v) is 4.08. The lowest BCUT2D eigenvalue weighted by Gasteiger charge is -1.84. The van der Waals surface area contributed by atoms with Crippen molar-refractivity contribution in [3.05, 3.63) is 12.8 Å². The molecule has 0 fully saturated rings. The molecule has 0 rings (SSSR count). The van der Waals surface area contributed by atoms with Crippen molar-refractivity contribution in [1.29, 1.82) is 0 Å². The van der Waals surface area contributed by atoms with E-state index in [1.54, 1.807) is 0 Å². The minimum atomic E-state index is 0.378. The van der Waals surface area contributed by atoms with Gasteiger partial charge in [0.25, 0.3) is 0 Å². The number of nitrogens with one attached hydrogen (secondary N) is 1. The first-order chi connectivity index (χ1) is 3.91. The first kappa shape index (κ1) is 8.46. The van der Waals surface area contributed by atoms with Crippen molar-refractivity contribution in [2.45, 2.75) is 0 Å². The molecule has 8 heavy (non-hydrogen) atoms. The van der Waals surface area contributed by atoms with Crippen LogP contribution < -0.4 is 4.86 Å². The van der Waals surface area contributed by atoms with Crippen LogP contribution in [0, 0.1) is 0 Å². The molecule has 1 N–H and O–H groups in total. The lowest BCUT2D eigenvalue weighted by Crippen LogP contribution is -1.65. The van der Waals surface area contributed by atoms with Crippen molar-refractivity contribution in [3.8, 4) is 0 Å². The van der Waals surface area contributed by atoms with Crippen LogP contribution in [-0.4, -0.2) is 0 Å². The fourth-order valence-electron chi connectivity index (χ4n) is 0.106. The number of hydrogen-bond donors (Lipinski definition) is 1. The molecule has 0 aromatic heterocycles. The Morgan fingerprint density at radius 2 is 2.75 bits per heavy atom. The van der Waals surface area contributed by atoms with E-state index >= 15 is 0 Å². The van der Waals surface area contributed by atoms with Gasteiger partial charge in [0.1, 0.15) is 0 Å². The van der Waals surface area contributed by atoms with Crippen LogP contribution in [0.3, 0.4) is 0 Å². The Morgan fingerprint density at radius 1 is 2.00 bits per heavy atom. The van der Waals surface area contributed by atoms with E-state index in [-0.39, 0.29) is 0 Å².